The Morgan fingerprint density at radius 3 is 2.83 bits per heavy atom. The lowest BCUT2D eigenvalue weighted by Gasteiger charge is -2.21. The number of ether oxygens (including phenoxy) is 1. The zero-order chi connectivity index (χ0) is 13.4. The van der Waals surface area contributed by atoms with Crippen LogP contribution in [0, 0.1) is 11.3 Å². The third-order valence-corrected chi connectivity index (χ3v) is 2.43. The number of nitrogens with one attached hydrogen (secondary N) is 1. The molecule has 0 fully saturated rings. The van der Waals surface area contributed by atoms with E-state index in [2.05, 4.69) is 5.32 Å². The van der Waals surface area contributed by atoms with E-state index in [9.17, 15) is 5.11 Å². The van der Waals surface area contributed by atoms with E-state index >= 15 is 0 Å². The Kier molecular flexibility index (Phi) is 5.59. The van der Waals surface area contributed by atoms with Crippen LogP contribution in [0.25, 0.3) is 0 Å². The van der Waals surface area contributed by atoms with Crippen LogP contribution in [0.15, 0.2) is 24.3 Å². The first kappa shape index (κ1) is 14.5. The smallest absolute Gasteiger partial charge is 0.174 e. The molecule has 0 spiro atoms. The van der Waals surface area contributed by atoms with E-state index < -0.39 is 5.60 Å². The summed E-state index contributed by atoms with van der Waals surface area (Å²) in [4.78, 5) is 0. The quantitative estimate of drug-likeness (QED) is 0.653. The number of para-hydroxylation sites is 1. The number of aliphatic hydroxyl groups is 2. The maximum absolute atomic E-state index is 9.63. The van der Waals surface area contributed by atoms with Crippen molar-refractivity contribution < 1.29 is 14.9 Å². The van der Waals surface area contributed by atoms with Crippen LogP contribution in [0.5, 0.6) is 5.75 Å². The van der Waals surface area contributed by atoms with E-state index in [1.165, 1.54) is 0 Å². The minimum atomic E-state index is -1.14. The van der Waals surface area contributed by atoms with E-state index in [1.54, 1.807) is 13.0 Å². The molecule has 0 aliphatic rings. The summed E-state index contributed by atoms with van der Waals surface area (Å²) in [5.74, 6) is 0.648. The van der Waals surface area contributed by atoms with Gasteiger partial charge in [-0.25, -0.2) is 0 Å². The van der Waals surface area contributed by atoms with E-state index in [1.807, 2.05) is 24.3 Å². The lowest BCUT2D eigenvalue weighted by atomic mass is 10.1. The standard InChI is InChI=1S/C13H18N2O3/c1-13(17,10-16)9-15-8-11-4-2-3-5-12(11)18-7-6-14/h2-5,15-17H,7-10H2,1H3. The predicted molar refractivity (Wildman–Crippen MR) is 67.0 cm³/mol. The number of hydrogen-bond acceptors (Lipinski definition) is 5. The van der Waals surface area contributed by atoms with Gasteiger partial charge in [0.2, 0.25) is 0 Å². The van der Waals surface area contributed by atoms with Gasteiger partial charge in [0.15, 0.2) is 6.61 Å². The monoisotopic (exact) mass is 250 g/mol. The molecule has 1 aromatic carbocycles. The number of rotatable bonds is 7. The zero-order valence-corrected chi connectivity index (χ0v) is 10.4. The van der Waals surface area contributed by atoms with Gasteiger partial charge in [-0.2, -0.15) is 5.26 Å². The van der Waals surface area contributed by atoms with E-state index in [0.29, 0.717) is 12.3 Å². The Balaban J connectivity index is 2.54. The second-order valence-corrected chi connectivity index (χ2v) is 4.31. The molecule has 0 saturated heterocycles. The van der Waals surface area contributed by atoms with Gasteiger partial charge < -0.3 is 20.3 Å². The van der Waals surface area contributed by atoms with E-state index in [-0.39, 0.29) is 19.8 Å². The molecule has 0 saturated carbocycles. The summed E-state index contributed by atoms with van der Waals surface area (Å²) in [6, 6.07) is 9.30. The Morgan fingerprint density at radius 1 is 1.44 bits per heavy atom. The Morgan fingerprint density at radius 2 is 2.17 bits per heavy atom. The fraction of sp³-hybridized carbons (Fsp3) is 0.462. The third-order valence-electron chi connectivity index (χ3n) is 2.43. The van der Waals surface area contributed by atoms with Crippen molar-refractivity contribution in [2.75, 3.05) is 19.8 Å². The molecular formula is C13H18N2O3. The summed E-state index contributed by atoms with van der Waals surface area (Å²) in [6.07, 6.45) is 0. The second kappa shape index (κ2) is 6.97. The second-order valence-electron chi connectivity index (χ2n) is 4.31. The van der Waals surface area contributed by atoms with E-state index in [0.717, 1.165) is 5.56 Å². The first-order valence-electron chi connectivity index (χ1n) is 5.70. The Labute approximate surface area is 107 Å². The van der Waals surface area contributed by atoms with Crippen molar-refractivity contribution in [1.82, 2.24) is 5.32 Å². The van der Waals surface area contributed by atoms with Crippen molar-refractivity contribution in [1.29, 1.82) is 5.26 Å². The normalized spacial score (nSPS) is 13.7. The fourth-order valence-corrected chi connectivity index (χ4v) is 1.42. The molecule has 0 aliphatic heterocycles. The first-order chi connectivity index (χ1) is 8.59. The summed E-state index contributed by atoms with van der Waals surface area (Å²) >= 11 is 0. The third kappa shape index (κ3) is 4.72. The lowest BCUT2D eigenvalue weighted by molar-refractivity contribution is 0.00250. The molecule has 0 radical (unpaired) electrons. The molecular weight excluding hydrogens is 232 g/mol. The van der Waals surface area contributed by atoms with Crippen LogP contribution in [-0.4, -0.2) is 35.6 Å². The molecule has 1 aromatic rings. The van der Waals surface area contributed by atoms with Crippen LogP contribution < -0.4 is 10.1 Å². The maximum Gasteiger partial charge on any atom is 0.174 e. The van der Waals surface area contributed by atoms with Crippen LogP contribution in [0.1, 0.15) is 12.5 Å². The molecule has 5 nitrogen and oxygen atoms in total. The van der Waals surface area contributed by atoms with Gasteiger partial charge in [0.05, 0.1) is 12.2 Å². The summed E-state index contributed by atoms with van der Waals surface area (Å²) in [6.45, 7) is 2.03. The molecule has 0 bridgehead atoms. The van der Waals surface area contributed by atoms with Gasteiger partial charge in [-0.15, -0.1) is 0 Å². The average Bonchev–Trinajstić information content (AvgIpc) is 2.37. The SMILES string of the molecule is CC(O)(CO)CNCc1ccccc1OCC#N. The minimum Gasteiger partial charge on any atom is -0.478 e. The molecule has 1 rings (SSSR count). The summed E-state index contributed by atoms with van der Waals surface area (Å²) in [5, 5.41) is 30.1. The topological polar surface area (TPSA) is 85.5 Å². The fourth-order valence-electron chi connectivity index (χ4n) is 1.42. The minimum absolute atomic E-state index is 0.00533. The first-order valence-corrected chi connectivity index (χ1v) is 5.70. The Bertz CT molecular complexity index is 413. The molecule has 98 valence electrons. The van der Waals surface area contributed by atoms with Crippen molar-refractivity contribution in [3.05, 3.63) is 29.8 Å². The van der Waals surface area contributed by atoms with Gasteiger partial charge in [0.1, 0.15) is 11.8 Å². The highest BCUT2D eigenvalue weighted by molar-refractivity contribution is 5.33. The van der Waals surface area contributed by atoms with Gasteiger partial charge >= 0.3 is 0 Å². The number of aliphatic hydroxyl groups excluding tert-OH is 1. The highest BCUT2D eigenvalue weighted by atomic mass is 16.5. The van der Waals surface area contributed by atoms with Crippen molar-refractivity contribution in [2.45, 2.75) is 19.1 Å². The van der Waals surface area contributed by atoms with Gasteiger partial charge in [0, 0.05) is 18.7 Å². The predicted octanol–water partition coefficient (Wildman–Crippen LogP) is 0.422. The molecule has 0 heterocycles. The Hall–Kier alpha value is -1.61. The van der Waals surface area contributed by atoms with E-state index in [4.69, 9.17) is 15.1 Å². The number of hydrogen-bond donors (Lipinski definition) is 3. The maximum atomic E-state index is 9.63. The van der Waals surface area contributed by atoms with Gasteiger partial charge in [-0.05, 0) is 13.0 Å². The molecule has 0 aromatic heterocycles. The number of nitrogens with zero attached hydrogens (tertiary/aromatic N) is 1. The van der Waals surface area contributed by atoms with Gasteiger partial charge in [-0.1, -0.05) is 18.2 Å². The lowest BCUT2D eigenvalue weighted by Crippen LogP contribution is -2.40. The average molecular weight is 250 g/mol. The van der Waals surface area contributed by atoms with Crippen molar-refractivity contribution in [3.63, 3.8) is 0 Å². The van der Waals surface area contributed by atoms with Crippen LogP contribution in [0.2, 0.25) is 0 Å². The summed E-state index contributed by atoms with van der Waals surface area (Å²) in [7, 11) is 0. The van der Waals surface area contributed by atoms with Gasteiger partial charge in [-0.3, -0.25) is 0 Å². The van der Waals surface area contributed by atoms with Crippen LogP contribution in [-0.2, 0) is 6.54 Å². The van der Waals surface area contributed by atoms with Crippen LogP contribution >= 0.6 is 0 Å². The molecule has 3 N–H and O–H groups in total. The van der Waals surface area contributed by atoms with Crippen molar-refractivity contribution >= 4 is 0 Å². The largest absolute Gasteiger partial charge is 0.478 e. The summed E-state index contributed by atoms with van der Waals surface area (Å²) < 4.78 is 5.28. The van der Waals surface area contributed by atoms with Crippen LogP contribution in [0.3, 0.4) is 0 Å². The van der Waals surface area contributed by atoms with Crippen molar-refractivity contribution in [3.8, 4) is 11.8 Å². The molecule has 0 aliphatic carbocycles. The van der Waals surface area contributed by atoms with Crippen LogP contribution in [0.4, 0.5) is 0 Å². The van der Waals surface area contributed by atoms with Gasteiger partial charge in [0.25, 0.3) is 0 Å². The highest BCUT2D eigenvalue weighted by Crippen LogP contribution is 2.17. The molecule has 1 atom stereocenters. The number of benzene rings is 1. The molecule has 5 heteroatoms. The molecule has 18 heavy (non-hydrogen) atoms. The summed E-state index contributed by atoms with van der Waals surface area (Å²) in [5.41, 5.74) is -0.232. The highest BCUT2D eigenvalue weighted by Gasteiger charge is 2.18. The van der Waals surface area contributed by atoms with Crippen molar-refractivity contribution in [2.24, 2.45) is 0 Å². The molecule has 1 unspecified atom stereocenters. The zero-order valence-electron chi connectivity index (χ0n) is 10.4. The number of nitriles is 1. The molecule has 0 amide bonds.